The van der Waals surface area contributed by atoms with E-state index in [-0.39, 0.29) is 16.5 Å². The summed E-state index contributed by atoms with van der Waals surface area (Å²) in [6.45, 7) is 1.62. The van der Waals surface area contributed by atoms with Crippen molar-refractivity contribution in [3.63, 3.8) is 0 Å². The minimum atomic E-state index is -0.738. The van der Waals surface area contributed by atoms with E-state index in [0.29, 0.717) is 16.8 Å². The fourth-order valence-corrected chi connectivity index (χ4v) is 3.79. The van der Waals surface area contributed by atoms with Gasteiger partial charge in [-0.2, -0.15) is 0 Å². The number of halogens is 2. The van der Waals surface area contributed by atoms with Crippen molar-refractivity contribution in [2.24, 2.45) is 0 Å². The molecule has 5 nitrogen and oxygen atoms in total. The van der Waals surface area contributed by atoms with Crippen LogP contribution < -0.4 is 16.0 Å². The summed E-state index contributed by atoms with van der Waals surface area (Å²) in [5.41, 5.74) is 1.95. The van der Waals surface area contributed by atoms with Gasteiger partial charge in [0.2, 0.25) is 5.91 Å². The quantitative estimate of drug-likeness (QED) is 0.563. The molecule has 29 heavy (non-hydrogen) atoms. The van der Waals surface area contributed by atoms with Gasteiger partial charge in [0, 0.05) is 17.4 Å². The molecule has 1 aliphatic carbocycles. The second-order valence-electron chi connectivity index (χ2n) is 7.34. The van der Waals surface area contributed by atoms with Crippen LogP contribution in [0.5, 0.6) is 0 Å². The highest BCUT2D eigenvalue weighted by Crippen LogP contribution is 2.25. The molecule has 0 aliphatic heterocycles. The molecule has 0 aromatic heterocycles. The maximum absolute atomic E-state index is 12.4. The summed E-state index contributed by atoms with van der Waals surface area (Å²) in [6, 6.07) is 12.2. The molecule has 1 unspecified atom stereocenters. The number of anilines is 2. The summed E-state index contributed by atoms with van der Waals surface area (Å²) < 4.78 is 0. The predicted molar refractivity (Wildman–Crippen MR) is 119 cm³/mol. The first kappa shape index (κ1) is 21.5. The van der Waals surface area contributed by atoms with Crippen LogP contribution in [0.1, 0.15) is 49.4 Å². The number of nitrogens with one attached hydrogen (secondary N) is 3. The van der Waals surface area contributed by atoms with E-state index in [1.165, 1.54) is 32.1 Å². The van der Waals surface area contributed by atoms with Crippen LogP contribution in [0.4, 0.5) is 11.4 Å². The lowest BCUT2D eigenvalue weighted by atomic mass is 9.95. The normalized spacial score (nSPS) is 15.4. The highest BCUT2D eigenvalue weighted by molar-refractivity contribution is 6.43. The monoisotopic (exact) mass is 433 g/mol. The third-order valence-corrected chi connectivity index (χ3v) is 5.88. The van der Waals surface area contributed by atoms with Crippen LogP contribution in [0.3, 0.4) is 0 Å². The van der Waals surface area contributed by atoms with Crippen molar-refractivity contribution in [3.8, 4) is 0 Å². The molecule has 7 heteroatoms. The Morgan fingerprint density at radius 1 is 0.966 bits per heavy atom. The second kappa shape index (κ2) is 9.99. The number of carbonyl (C=O) groups excluding carboxylic acids is 2. The van der Waals surface area contributed by atoms with Crippen molar-refractivity contribution in [3.05, 3.63) is 58.1 Å². The molecule has 2 aromatic rings. The van der Waals surface area contributed by atoms with Gasteiger partial charge in [0.05, 0.1) is 15.6 Å². The van der Waals surface area contributed by atoms with Gasteiger partial charge in [-0.3, -0.25) is 9.59 Å². The third kappa shape index (κ3) is 5.87. The molecular formula is C22H25Cl2N3O2. The number of rotatable bonds is 6. The summed E-state index contributed by atoms with van der Waals surface area (Å²) in [5, 5.41) is 9.46. The van der Waals surface area contributed by atoms with Crippen molar-refractivity contribution in [1.29, 1.82) is 0 Å². The van der Waals surface area contributed by atoms with Crippen molar-refractivity contribution < 1.29 is 9.59 Å². The lowest BCUT2D eigenvalue weighted by molar-refractivity contribution is -0.117. The minimum Gasteiger partial charge on any atom is -0.382 e. The topological polar surface area (TPSA) is 70.2 Å². The van der Waals surface area contributed by atoms with E-state index in [0.717, 1.165) is 5.69 Å². The fraction of sp³-hybridized carbons (Fsp3) is 0.364. The Balaban J connectivity index is 1.53. The van der Waals surface area contributed by atoms with Gasteiger partial charge < -0.3 is 16.0 Å². The number of benzene rings is 2. The molecule has 1 saturated carbocycles. The van der Waals surface area contributed by atoms with Gasteiger partial charge in [-0.1, -0.05) is 48.5 Å². The van der Waals surface area contributed by atoms with Crippen molar-refractivity contribution >= 4 is 46.4 Å². The first-order chi connectivity index (χ1) is 13.9. The molecule has 2 amide bonds. The van der Waals surface area contributed by atoms with E-state index in [4.69, 9.17) is 23.2 Å². The summed E-state index contributed by atoms with van der Waals surface area (Å²) in [4.78, 5) is 24.8. The fourth-order valence-electron chi connectivity index (χ4n) is 3.40. The Morgan fingerprint density at radius 2 is 1.62 bits per heavy atom. The molecule has 1 atom stereocenters. The van der Waals surface area contributed by atoms with E-state index in [2.05, 4.69) is 16.0 Å². The van der Waals surface area contributed by atoms with Crippen LogP contribution in [-0.2, 0) is 4.79 Å². The molecule has 1 aliphatic rings. The summed E-state index contributed by atoms with van der Waals surface area (Å²) in [7, 11) is 0. The second-order valence-corrected chi connectivity index (χ2v) is 8.13. The van der Waals surface area contributed by atoms with Crippen LogP contribution >= 0.6 is 23.2 Å². The molecule has 2 aromatic carbocycles. The predicted octanol–water partition coefficient (Wildman–Crippen LogP) is 5.50. The van der Waals surface area contributed by atoms with Gasteiger partial charge in [-0.25, -0.2) is 0 Å². The summed E-state index contributed by atoms with van der Waals surface area (Å²) in [6.07, 6.45) is 6.27. The Morgan fingerprint density at radius 3 is 2.31 bits per heavy atom. The van der Waals surface area contributed by atoms with Crippen molar-refractivity contribution in [1.82, 2.24) is 5.32 Å². The van der Waals surface area contributed by atoms with Crippen molar-refractivity contribution in [2.75, 3.05) is 10.6 Å². The van der Waals surface area contributed by atoms with Crippen LogP contribution in [0.2, 0.25) is 10.0 Å². The van der Waals surface area contributed by atoms with Gasteiger partial charge in [0.15, 0.2) is 0 Å². The molecular weight excluding hydrogens is 409 g/mol. The number of amides is 2. The zero-order valence-electron chi connectivity index (χ0n) is 16.3. The zero-order valence-corrected chi connectivity index (χ0v) is 17.8. The molecule has 0 radical (unpaired) electrons. The number of hydrogen-bond donors (Lipinski definition) is 3. The smallest absolute Gasteiger partial charge is 0.253 e. The summed E-state index contributed by atoms with van der Waals surface area (Å²) in [5.74, 6) is -0.767. The average Bonchev–Trinajstić information content (AvgIpc) is 2.72. The van der Waals surface area contributed by atoms with Crippen LogP contribution in [0.15, 0.2) is 42.5 Å². The van der Waals surface area contributed by atoms with E-state index < -0.39 is 11.9 Å². The molecule has 0 heterocycles. The van der Waals surface area contributed by atoms with Gasteiger partial charge in [-0.15, -0.1) is 0 Å². The highest BCUT2D eigenvalue weighted by Gasteiger charge is 2.19. The van der Waals surface area contributed by atoms with Crippen LogP contribution in [-0.4, -0.2) is 23.9 Å². The van der Waals surface area contributed by atoms with E-state index >= 15 is 0 Å². The van der Waals surface area contributed by atoms with E-state index in [9.17, 15) is 9.59 Å². The van der Waals surface area contributed by atoms with Gasteiger partial charge in [0.1, 0.15) is 6.04 Å². The first-order valence-corrected chi connectivity index (χ1v) is 10.6. The van der Waals surface area contributed by atoms with Crippen LogP contribution in [0.25, 0.3) is 0 Å². The van der Waals surface area contributed by atoms with E-state index in [1.54, 1.807) is 25.1 Å². The molecule has 1 fully saturated rings. The third-order valence-electron chi connectivity index (χ3n) is 5.07. The maximum atomic E-state index is 12.4. The maximum Gasteiger partial charge on any atom is 0.253 e. The Bertz CT molecular complexity index is 865. The Kier molecular flexibility index (Phi) is 7.40. The Hall–Kier alpha value is -2.24. The molecule has 3 rings (SSSR count). The largest absolute Gasteiger partial charge is 0.382 e. The van der Waals surface area contributed by atoms with Crippen molar-refractivity contribution in [2.45, 2.75) is 51.1 Å². The highest BCUT2D eigenvalue weighted by atomic mass is 35.5. The van der Waals surface area contributed by atoms with Crippen LogP contribution in [0, 0.1) is 0 Å². The van der Waals surface area contributed by atoms with Gasteiger partial charge in [-0.05, 0) is 56.2 Å². The first-order valence-electron chi connectivity index (χ1n) is 9.86. The van der Waals surface area contributed by atoms with E-state index in [1.807, 2.05) is 24.3 Å². The molecule has 154 valence electrons. The average molecular weight is 434 g/mol. The van der Waals surface area contributed by atoms with Gasteiger partial charge >= 0.3 is 0 Å². The molecule has 3 N–H and O–H groups in total. The lowest BCUT2D eigenvalue weighted by Crippen LogP contribution is -2.41. The molecule has 0 saturated heterocycles. The standard InChI is InChI=1S/C22H25Cl2N3O2/c1-14(25-22(29)18-8-5-9-19(23)20(18)24)21(28)27-17-12-10-16(11-13-17)26-15-6-3-2-4-7-15/h5,8-15,26H,2-4,6-7H2,1H3,(H,25,29)(H,27,28). The number of hydrogen-bond acceptors (Lipinski definition) is 3. The summed E-state index contributed by atoms with van der Waals surface area (Å²) >= 11 is 12.0. The van der Waals surface area contributed by atoms with Gasteiger partial charge in [0.25, 0.3) is 5.91 Å². The molecule has 0 spiro atoms. The Labute approximate surface area is 181 Å². The minimum absolute atomic E-state index is 0.167. The zero-order chi connectivity index (χ0) is 20.8. The number of carbonyl (C=O) groups is 2. The molecule has 0 bridgehead atoms. The SMILES string of the molecule is CC(NC(=O)c1cccc(Cl)c1Cl)C(=O)Nc1ccc(NC2CCCCC2)cc1. The lowest BCUT2D eigenvalue weighted by Gasteiger charge is -2.24.